The SMILES string of the molecule is COc1ccc(CNc2nccc3c2ncn3Cc2ccccc2)cc1. The topological polar surface area (TPSA) is 52.0 Å². The molecule has 4 aromatic rings. The molecule has 1 N–H and O–H groups in total. The number of fused-ring (bicyclic) bond motifs is 1. The minimum absolute atomic E-state index is 0.682. The Bertz CT molecular complexity index is 994. The van der Waals surface area contributed by atoms with Gasteiger partial charge in [-0.15, -0.1) is 0 Å². The largest absolute Gasteiger partial charge is 0.497 e. The van der Waals surface area contributed by atoms with Crippen LogP contribution in [0.15, 0.2) is 73.2 Å². The van der Waals surface area contributed by atoms with Crippen molar-refractivity contribution in [2.24, 2.45) is 0 Å². The van der Waals surface area contributed by atoms with Crippen LogP contribution in [0.1, 0.15) is 11.1 Å². The van der Waals surface area contributed by atoms with Gasteiger partial charge in [0.05, 0.1) is 19.0 Å². The molecule has 0 aliphatic heterocycles. The van der Waals surface area contributed by atoms with Crippen LogP contribution < -0.4 is 10.1 Å². The van der Waals surface area contributed by atoms with Gasteiger partial charge >= 0.3 is 0 Å². The number of ether oxygens (including phenoxy) is 1. The molecule has 0 saturated carbocycles. The average Bonchev–Trinajstić information content (AvgIpc) is 3.11. The van der Waals surface area contributed by atoms with Crippen LogP contribution in [0, 0.1) is 0 Å². The van der Waals surface area contributed by atoms with Gasteiger partial charge in [-0.1, -0.05) is 42.5 Å². The maximum Gasteiger partial charge on any atom is 0.154 e. The fraction of sp³-hybridized carbons (Fsp3) is 0.143. The Kier molecular flexibility index (Phi) is 4.51. The summed E-state index contributed by atoms with van der Waals surface area (Å²) in [6, 6.07) is 20.4. The van der Waals surface area contributed by atoms with E-state index in [1.165, 1.54) is 5.56 Å². The van der Waals surface area contributed by atoms with Gasteiger partial charge in [0.2, 0.25) is 0 Å². The molecule has 2 aromatic heterocycles. The van der Waals surface area contributed by atoms with Crippen molar-refractivity contribution in [1.82, 2.24) is 14.5 Å². The van der Waals surface area contributed by atoms with E-state index in [-0.39, 0.29) is 0 Å². The van der Waals surface area contributed by atoms with Gasteiger partial charge in [-0.2, -0.15) is 0 Å². The van der Waals surface area contributed by atoms with Crippen LogP contribution in [0.5, 0.6) is 5.75 Å². The summed E-state index contributed by atoms with van der Waals surface area (Å²) in [4.78, 5) is 9.04. The monoisotopic (exact) mass is 344 g/mol. The normalized spacial score (nSPS) is 10.8. The first-order valence-corrected chi connectivity index (χ1v) is 8.54. The Balaban J connectivity index is 1.54. The number of aromatic nitrogens is 3. The van der Waals surface area contributed by atoms with Crippen molar-refractivity contribution in [1.29, 1.82) is 0 Å². The fourth-order valence-corrected chi connectivity index (χ4v) is 2.96. The second-order valence-corrected chi connectivity index (χ2v) is 6.09. The number of nitrogens with zero attached hydrogens (tertiary/aromatic N) is 3. The number of imidazole rings is 1. The van der Waals surface area contributed by atoms with E-state index in [0.717, 1.165) is 34.7 Å². The molecule has 0 amide bonds. The molecule has 0 unspecified atom stereocenters. The van der Waals surface area contributed by atoms with Gasteiger partial charge < -0.3 is 14.6 Å². The van der Waals surface area contributed by atoms with Crippen LogP contribution in [0.3, 0.4) is 0 Å². The molecule has 5 nitrogen and oxygen atoms in total. The summed E-state index contributed by atoms with van der Waals surface area (Å²) in [6.07, 6.45) is 3.69. The molecule has 0 aliphatic carbocycles. The smallest absolute Gasteiger partial charge is 0.154 e. The second-order valence-electron chi connectivity index (χ2n) is 6.09. The molecule has 4 rings (SSSR count). The van der Waals surface area contributed by atoms with Crippen LogP contribution in [0.25, 0.3) is 11.0 Å². The number of anilines is 1. The molecule has 0 aliphatic rings. The molecule has 0 atom stereocenters. The third-order valence-electron chi connectivity index (χ3n) is 4.35. The maximum atomic E-state index is 5.20. The predicted molar refractivity (Wildman–Crippen MR) is 103 cm³/mol. The molecule has 0 bridgehead atoms. The molecular weight excluding hydrogens is 324 g/mol. The van der Waals surface area contributed by atoms with E-state index in [1.54, 1.807) is 7.11 Å². The molecule has 0 spiro atoms. The zero-order valence-electron chi connectivity index (χ0n) is 14.6. The van der Waals surface area contributed by atoms with E-state index in [4.69, 9.17) is 4.74 Å². The van der Waals surface area contributed by atoms with E-state index < -0.39 is 0 Å². The van der Waals surface area contributed by atoms with Crippen molar-refractivity contribution in [2.45, 2.75) is 13.1 Å². The molecule has 5 heteroatoms. The standard InChI is InChI=1S/C21H20N4O/c1-26-18-9-7-16(8-10-18)13-23-21-20-19(11-12-22-21)25(15-24-20)14-17-5-3-2-4-6-17/h2-12,15H,13-14H2,1H3,(H,22,23). The molecule has 130 valence electrons. The van der Waals surface area contributed by atoms with Gasteiger partial charge in [-0.3, -0.25) is 0 Å². The van der Waals surface area contributed by atoms with E-state index >= 15 is 0 Å². The zero-order chi connectivity index (χ0) is 17.8. The average molecular weight is 344 g/mol. The number of benzene rings is 2. The first-order valence-electron chi connectivity index (χ1n) is 8.54. The summed E-state index contributed by atoms with van der Waals surface area (Å²) in [5.74, 6) is 1.65. The number of hydrogen-bond acceptors (Lipinski definition) is 4. The number of methoxy groups -OCH3 is 1. The highest BCUT2D eigenvalue weighted by Crippen LogP contribution is 2.21. The van der Waals surface area contributed by atoms with Gasteiger partial charge in [-0.25, -0.2) is 9.97 Å². The van der Waals surface area contributed by atoms with Crippen LogP contribution in [0.2, 0.25) is 0 Å². The van der Waals surface area contributed by atoms with E-state index in [2.05, 4.69) is 44.1 Å². The number of hydrogen-bond donors (Lipinski definition) is 1. The van der Waals surface area contributed by atoms with Crippen molar-refractivity contribution in [3.8, 4) is 5.75 Å². The van der Waals surface area contributed by atoms with Gasteiger partial charge in [0, 0.05) is 19.3 Å². The summed E-state index contributed by atoms with van der Waals surface area (Å²) >= 11 is 0. The first kappa shape index (κ1) is 16.1. The number of rotatable bonds is 6. The van der Waals surface area contributed by atoms with Crippen molar-refractivity contribution in [3.63, 3.8) is 0 Å². The van der Waals surface area contributed by atoms with Crippen molar-refractivity contribution in [2.75, 3.05) is 12.4 Å². The molecule has 0 fully saturated rings. The van der Waals surface area contributed by atoms with Gasteiger partial charge in [0.1, 0.15) is 11.3 Å². The minimum atomic E-state index is 0.682. The highest BCUT2D eigenvalue weighted by Gasteiger charge is 2.09. The van der Waals surface area contributed by atoms with Crippen molar-refractivity contribution >= 4 is 16.9 Å². The fourth-order valence-electron chi connectivity index (χ4n) is 2.96. The lowest BCUT2D eigenvalue weighted by Gasteiger charge is -2.08. The van der Waals surface area contributed by atoms with Gasteiger partial charge in [-0.05, 0) is 29.3 Å². The van der Waals surface area contributed by atoms with Crippen LogP contribution in [0.4, 0.5) is 5.82 Å². The van der Waals surface area contributed by atoms with Crippen LogP contribution >= 0.6 is 0 Å². The Morgan fingerprint density at radius 3 is 2.50 bits per heavy atom. The van der Waals surface area contributed by atoms with Gasteiger partial charge in [0.25, 0.3) is 0 Å². The molecule has 2 aromatic carbocycles. The lowest BCUT2D eigenvalue weighted by Crippen LogP contribution is -2.02. The third kappa shape index (κ3) is 3.37. The Hall–Kier alpha value is -3.34. The summed E-state index contributed by atoms with van der Waals surface area (Å²) in [5, 5.41) is 3.39. The quantitative estimate of drug-likeness (QED) is 0.572. The van der Waals surface area contributed by atoms with E-state index in [0.29, 0.717) is 6.54 Å². The van der Waals surface area contributed by atoms with E-state index in [1.807, 2.05) is 48.9 Å². The summed E-state index contributed by atoms with van der Waals surface area (Å²) < 4.78 is 7.34. The first-order chi connectivity index (χ1) is 12.8. The lowest BCUT2D eigenvalue weighted by atomic mass is 10.2. The van der Waals surface area contributed by atoms with Crippen molar-refractivity contribution in [3.05, 3.63) is 84.3 Å². The number of nitrogens with one attached hydrogen (secondary N) is 1. The van der Waals surface area contributed by atoms with Gasteiger partial charge in [0.15, 0.2) is 5.82 Å². The Labute approximate surface area is 152 Å². The molecule has 26 heavy (non-hydrogen) atoms. The molecular formula is C21H20N4O. The second kappa shape index (κ2) is 7.27. The van der Waals surface area contributed by atoms with Crippen molar-refractivity contribution < 1.29 is 4.74 Å². The van der Waals surface area contributed by atoms with Crippen LogP contribution in [-0.4, -0.2) is 21.6 Å². The summed E-state index contributed by atoms with van der Waals surface area (Å²) in [7, 11) is 1.67. The number of pyridine rings is 1. The highest BCUT2D eigenvalue weighted by atomic mass is 16.5. The zero-order valence-corrected chi connectivity index (χ0v) is 14.6. The highest BCUT2D eigenvalue weighted by molar-refractivity contribution is 5.85. The Morgan fingerprint density at radius 2 is 1.73 bits per heavy atom. The lowest BCUT2D eigenvalue weighted by molar-refractivity contribution is 0.414. The Morgan fingerprint density at radius 1 is 0.923 bits per heavy atom. The predicted octanol–water partition coefficient (Wildman–Crippen LogP) is 4.10. The molecule has 0 radical (unpaired) electrons. The summed E-state index contributed by atoms with van der Waals surface area (Å²) in [5.41, 5.74) is 4.36. The summed E-state index contributed by atoms with van der Waals surface area (Å²) in [6.45, 7) is 1.47. The molecule has 2 heterocycles. The maximum absolute atomic E-state index is 5.20. The van der Waals surface area contributed by atoms with Crippen LogP contribution in [-0.2, 0) is 13.1 Å². The van der Waals surface area contributed by atoms with E-state index in [9.17, 15) is 0 Å². The molecule has 0 saturated heterocycles. The minimum Gasteiger partial charge on any atom is -0.497 e. The third-order valence-corrected chi connectivity index (χ3v) is 4.35.